The van der Waals surface area contributed by atoms with E-state index in [4.69, 9.17) is 0 Å². The molecular formula is C14H18N2OS. The van der Waals surface area contributed by atoms with E-state index in [9.17, 15) is 5.11 Å². The molecule has 0 bridgehead atoms. The summed E-state index contributed by atoms with van der Waals surface area (Å²) >= 11 is 1.57. The molecule has 0 saturated heterocycles. The summed E-state index contributed by atoms with van der Waals surface area (Å²) in [5, 5.41) is 10.2. The Morgan fingerprint density at radius 3 is 2.61 bits per heavy atom. The van der Waals surface area contributed by atoms with Gasteiger partial charge in [0.2, 0.25) is 0 Å². The third-order valence-electron chi connectivity index (χ3n) is 2.93. The van der Waals surface area contributed by atoms with Gasteiger partial charge >= 0.3 is 0 Å². The number of nitrogens with zero attached hydrogens (tertiary/aromatic N) is 2. The Bertz CT molecular complexity index is 496. The molecule has 3 nitrogen and oxygen atoms in total. The second-order valence-electron chi connectivity index (χ2n) is 4.32. The molecule has 4 heteroatoms. The monoisotopic (exact) mass is 262 g/mol. The fourth-order valence-corrected chi connectivity index (χ4v) is 2.67. The number of rotatable bonds is 5. The van der Waals surface area contributed by atoms with Crippen LogP contribution in [0.5, 0.6) is 0 Å². The van der Waals surface area contributed by atoms with Crippen molar-refractivity contribution in [3.63, 3.8) is 0 Å². The van der Waals surface area contributed by atoms with Crippen molar-refractivity contribution in [3.8, 4) is 0 Å². The molecule has 18 heavy (non-hydrogen) atoms. The third-order valence-corrected chi connectivity index (χ3v) is 4.19. The van der Waals surface area contributed by atoms with Gasteiger partial charge in [-0.25, -0.2) is 4.98 Å². The minimum Gasteiger partial charge on any atom is -0.391 e. The van der Waals surface area contributed by atoms with E-state index in [0.29, 0.717) is 0 Å². The van der Waals surface area contributed by atoms with E-state index in [0.717, 1.165) is 28.7 Å². The molecule has 0 radical (unpaired) electrons. The lowest BCUT2D eigenvalue weighted by atomic mass is 10.1. The number of aliphatic hydroxyl groups is 1. The van der Waals surface area contributed by atoms with Gasteiger partial charge in [-0.05, 0) is 18.9 Å². The number of aryl methyl sites for hydroxylation is 1. The quantitative estimate of drug-likeness (QED) is 0.900. The predicted molar refractivity (Wildman–Crippen MR) is 76.2 cm³/mol. The molecule has 96 valence electrons. The largest absolute Gasteiger partial charge is 0.391 e. The molecule has 0 fully saturated rings. The van der Waals surface area contributed by atoms with E-state index < -0.39 is 0 Å². The summed E-state index contributed by atoms with van der Waals surface area (Å²) in [6.07, 6.45) is 1.00. The summed E-state index contributed by atoms with van der Waals surface area (Å²) < 4.78 is 0. The molecular weight excluding hydrogens is 244 g/mol. The molecule has 0 aliphatic carbocycles. The zero-order valence-electron chi connectivity index (χ0n) is 10.8. The Balaban J connectivity index is 1.97. The topological polar surface area (TPSA) is 36.4 Å². The number of aliphatic hydroxyl groups excluding tert-OH is 1. The smallest absolute Gasteiger partial charge is 0.185 e. The molecule has 0 atom stereocenters. The number of benzene rings is 1. The zero-order valence-corrected chi connectivity index (χ0v) is 11.6. The molecule has 0 unspecified atom stereocenters. The van der Waals surface area contributed by atoms with Gasteiger partial charge in [0.05, 0.1) is 17.2 Å². The maximum atomic E-state index is 9.17. The summed E-state index contributed by atoms with van der Waals surface area (Å²) in [6.45, 7) is 2.95. The highest BCUT2D eigenvalue weighted by Gasteiger charge is 2.10. The molecule has 1 N–H and O–H groups in total. The number of hydrogen-bond acceptors (Lipinski definition) is 4. The van der Waals surface area contributed by atoms with E-state index in [1.54, 1.807) is 11.3 Å². The highest BCUT2D eigenvalue weighted by atomic mass is 32.1. The van der Waals surface area contributed by atoms with E-state index >= 15 is 0 Å². The Hall–Kier alpha value is -1.39. The van der Waals surface area contributed by atoms with Crippen molar-refractivity contribution in [2.45, 2.75) is 20.0 Å². The third kappa shape index (κ3) is 3.09. The van der Waals surface area contributed by atoms with E-state index in [2.05, 4.69) is 34.1 Å². The molecule has 0 spiro atoms. The Kier molecular flexibility index (Phi) is 4.33. The molecule has 1 aromatic carbocycles. The van der Waals surface area contributed by atoms with Gasteiger partial charge in [0, 0.05) is 13.6 Å². The lowest BCUT2D eigenvalue weighted by Gasteiger charge is -2.15. The Morgan fingerprint density at radius 1 is 1.28 bits per heavy atom. The summed E-state index contributed by atoms with van der Waals surface area (Å²) in [4.78, 5) is 7.58. The van der Waals surface area contributed by atoms with Crippen molar-refractivity contribution in [1.29, 1.82) is 0 Å². The van der Waals surface area contributed by atoms with Gasteiger partial charge in [-0.3, -0.25) is 0 Å². The first-order chi connectivity index (χ1) is 8.70. The first-order valence-corrected chi connectivity index (χ1v) is 6.84. The minimum atomic E-state index is 0.0794. The van der Waals surface area contributed by atoms with Crippen LogP contribution in [-0.4, -0.2) is 23.7 Å². The first kappa shape index (κ1) is 13.1. The van der Waals surface area contributed by atoms with E-state index in [-0.39, 0.29) is 6.61 Å². The predicted octanol–water partition coefficient (Wildman–Crippen LogP) is 2.62. The van der Waals surface area contributed by atoms with Gasteiger partial charge in [-0.2, -0.15) is 0 Å². The zero-order chi connectivity index (χ0) is 13.0. The number of anilines is 1. The Morgan fingerprint density at radius 2 is 2.00 bits per heavy atom. The maximum absolute atomic E-state index is 9.17. The highest BCUT2D eigenvalue weighted by molar-refractivity contribution is 7.15. The minimum absolute atomic E-state index is 0.0794. The van der Waals surface area contributed by atoms with Gasteiger partial charge in [-0.1, -0.05) is 41.7 Å². The molecule has 0 saturated carbocycles. The standard InChI is InChI=1S/C14H18N2OS/c1-11-13(10-17)18-14(15-11)16(2)9-8-12-6-4-3-5-7-12/h3-7,17H,8-10H2,1-2H3. The fraction of sp³-hybridized carbons (Fsp3) is 0.357. The fourth-order valence-electron chi connectivity index (χ4n) is 1.76. The molecule has 0 aliphatic rings. The van der Waals surface area contributed by atoms with E-state index in [1.807, 2.05) is 20.0 Å². The lowest BCUT2D eigenvalue weighted by molar-refractivity contribution is 0.284. The van der Waals surface area contributed by atoms with Crippen LogP contribution in [0.25, 0.3) is 0 Å². The summed E-state index contributed by atoms with van der Waals surface area (Å²) in [5.74, 6) is 0. The molecule has 1 heterocycles. The van der Waals surface area contributed by atoms with Crippen molar-refractivity contribution in [1.82, 2.24) is 4.98 Å². The number of thiazole rings is 1. The van der Waals surface area contributed by atoms with Crippen LogP contribution < -0.4 is 4.90 Å². The normalized spacial score (nSPS) is 10.6. The van der Waals surface area contributed by atoms with Crippen LogP contribution in [0.1, 0.15) is 16.1 Å². The Labute approximate surface area is 112 Å². The van der Waals surface area contributed by atoms with Gasteiger partial charge in [0.1, 0.15) is 0 Å². The van der Waals surface area contributed by atoms with Crippen molar-refractivity contribution in [2.75, 3.05) is 18.5 Å². The van der Waals surface area contributed by atoms with Gasteiger partial charge in [-0.15, -0.1) is 0 Å². The van der Waals surface area contributed by atoms with Crippen LogP contribution in [0.15, 0.2) is 30.3 Å². The first-order valence-electron chi connectivity index (χ1n) is 6.03. The average Bonchev–Trinajstić information content (AvgIpc) is 2.78. The summed E-state index contributed by atoms with van der Waals surface area (Å²) in [7, 11) is 2.04. The lowest BCUT2D eigenvalue weighted by Crippen LogP contribution is -2.20. The van der Waals surface area contributed by atoms with Crippen LogP contribution in [0.2, 0.25) is 0 Å². The maximum Gasteiger partial charge on any atom is 0.185 e. The van der Waals surface area contributed by atoms with Crippen molar-refractivity contribution in [3.05, 3.63) is 46.5 Å². The van der Waals surface area contributed by atoms with Gasteiger partial charge < -0.3 is 10.0 Å². The number of hydrogen-bond donors (Lipinski definition) is 1. The van der Waals surface area contributed by atoms with E-state index in [1.165, 1.54) is 5.56 Å². The molecule has 2 aromatic rings. The summed E-state index contributed by atoms with van der Waals surface area (Å²) in [5.41, 5.74) is 2.27. The number of likely N-dealkylation sites (N-methyl/N-ethyl adjacent to an activating group) is 1. The number of aromatic nitrogens is 1. The molecule has 0 amide bonds. The summed E-state index contributed by atoms with van der Waals surface area (Å²) in [6, 6.07) is 10.4. The van der Waals surface area contributed by atoms with Crippen LogP contribution >= 0.6 is 11.3 Å². The molecule has 2 rings (SSSR count). The SMILES string of the molecule is Cc1nc(N(C)CCc2ccccc2)sc1CO. The highest BCUT2D eigenvalue weighted by Crippen LogP contribution is 2.25. The van der Waals surface area contributed by atoms with Crippen LogP contribution in [0.4, 0.5) is 5.13 Å². The molecule has 1 aromatic heterocycles. The molecule has 0 aliphatic heterocycles. The van der Waals surface area contributed by atoms with Crippen LogP contribution in [0, 0.1) is 6.92 Å². The van der Waals surface area contributed by atoms with Crippen molar-refractivity contribution >= 4 is 16.5 Å². The van der Waals surface area contributed by atoms with Crippen molar-refractivity contribution in [2.24, 2.45) is 0 Å². The van der Waals surface area contributed by atoms with Crippen LogP contribution in [0.3, 0.4) is 0 Å². The van der Waals surface area contributed by atoms with Gasteiger partial charge in [0.15, 0.2) is 5.13 Å². The van der Waals surface area contributed by atoms with Crippen molar-refractivity contribution < 1.29 is 5.11 Å². The second kappa shape index (κ2) is 5.98. The second-order valence-corrected chi connectivity index (χ2v) is 5.38. The van der Waals surface area contributed by atoms with Crippen LogP contribution in [-0.2, 0) is 13.0 Å². The average molecular weight is 262 g/mol. The van der Waals surface area contributed by atoms with Gasteiger partial charge in [0.25, 0.3) is 0 Å².